The van der Waals surface area contributed by atoms with Crippen molar-refractivity contribution in [2.75, 3.05) is 0 Å². The molecule has 5 nitrogen and oxygen atoms in total. The fourth-order valence-corrected chi connectivity index (χ4v) is 1.92. The molecular weight excluding hydrogens is 216 g/mol. The van der Waals surface area contributed by atoms with Gasteiger partial charge < -0.3 is 9.67 Å². The van der Waals surface area contributed by atoms with Gasteiger partial charge in [-0.1, -0.05) is 12.1 Å². The van der Waals surface area contributed by atoms with Crippen molar-refractivity contribution < 1.29 is 5.11 Å². The molecule has 1 aromatic carbocycles. The fraction of sp³-hybridized carbons (Fsp3) is 0.167. The molecule has 2 aromatic heterocycles. The molecule has 0 amide bonds. The van der Waals surface area contributed by atoms with Crippen LogP contribution < -0.4 is 0 Å². The van der Waals surface area contributed by atoms with Gasteiger partial charge in [-0.3, -0.25) is 4.57 Å². The fourth-order valence-electron chi connectivity index (χ4n) is 1.92. The summed E-state index contributed by atoms with van der Waals surface area (Å²) >= 11 is 0. The summed E-state index contributed by atoms with van der Waals surface area (Å²) < 4.78 is 3.77. The molecule has 0 aliphatic rings. The molecular formula is C12H12N4O. The number of nitrogens with zero attached hydrogens (tertiary/aromatic N) is 4. The van der Waals surface area contributed by atoms with Crippen LogP contribution in [0.15, 0.2) is 36.8 Å². The van der Waals surface area contributed by atoms with Gasteiger partial charge in [0.15, 0.2) is 0 Å². The lowest BCUT2D eigenvalue weighted by molar-refractivity contribution is 0.272. The highest BCUT2D eigenvalue weighted by Gasteiger charge is 2.10. The lowest BCUT2D eigenvalue weighted by atomic mass is 10.3. The van der Waals surface area contributed by atoms with E-state index in [2.05, 4.69) is 9.97 Å². The van der Waals surface area contributed by atoms with E-state index in [0.717, 1.165) is 22.7 Å². The molecule has 5 heteroatoms. The van der Waals surface area contributed by atoms with Crippen LogP contribution in [0.5, 0.6) is 0 Å². The zero-order valence-corrected chi connectivity index (χ0v) is 9.41. The molecule has 1 N–H and O–H groups in total. The van der Waals surface area contributed by atoms with Crippen molar-refractivity contribution in [3.63, 3.8) is 0 Å². The van der Waals surface area contributed by atoms with Crippen molar-refractivity contribution in [2.45, 2.75) is 6.61 Å². The Bertz CT molecular complexity index is 668. The Kier molecular flexibility index (Phi) is 2.19. The number of hydrogen-bond acceptors (Lipinski definition) is 3. The first-order valence-corrected chi connectivity index (χ1v) is 5.35. The van der Waals surface area contributed by atoms with Gasteiger partial charge in [0.1, 0.15) is 6.33 Å². The minimum atomic E-state index is -0.0177. The predicted octanol–water partition coefficient (Wildman–Crippen LogP) is 1.25. The number of rotatable bonds is 2. The molecule has 3 rings (SSSR count). The Morgan fingerprint density at radius 2 is 2.06 bits per heavy atom. The van der Waals surface area contributed by atoms with Crippen LogP contribution in [0.25, 0.3) is 17.0 Å². The lowest BCUT2D eigenvalue weighted by Crippen LogP contribution is -2.04. The highest BCUT2D eigenvalue weighted by Crippen LogP contribution is 2.17. The van der Waals surface area contributed by atoms with Crippen molar-refractivity contribution >= 4 is 11.0 Å². The molecule has 0 fully saturated rings. The van der Waals surface area contributed by atoms with E-state index in [1.165, 1.54) is 0 Å². The summed E-state index contributed by atoms with van der Waals surface area (Å²) in [6, 6.07) is 7.88. The molecule has 0 spiro atoms. The average Bonchev–Trinajstić information content (AvgIpc) is 2.92. The van der Waals surface area contributed by atoms with Crippen LogP contribution in [-0.4, -0.2) is 24.2 Å². The van der Waals surface area contributed by atoms with Crippen LogP contribution in [0, 0.1) is 0 Å². The van der Waals surface area contributed by atoms with Crippen molar-refractivity contribution in [1.82, 2.24) is 19.1 Å². The number of benzene rings is 1. The number of aliphatic hydroxyl groups is 1. The molecule has 0 saturated heterocycles. The molecule has 0 aliphatic carbocycles. The molecule has 0 atom stereocenters. The van der Waals surface area contributed by atoms with Crippen molar-refractivity contribution in [1.29, 1.82) is 0 Å². The van der Waals surface area contributed by atoms with Crippen molar-refractivity contribution in [3.05, 3.63) is 42.5 Å². The maximum atomic E-state index is 9.16. The Balaban J connectivity index is 2.24. The van der Waals surface area contributed by atoms with Gasteiger partial charge in [-0.25, -0.2) is 9.97 Å². The van der Waals surface area contributed by atoms with E-state index in [9.17, 15) is 0 Å². The van der Waals surface area contributed by atoms with Gasteiger partial charge in [0.2, 0.25) is 5.95 Å². The second-order valence-corrected chi connectivity index (χ2v) is 3.87. The summed E-state index contributed by atoms with van der Waals surface area (Å²) in [7, 11) is 1.88. The predicted molar refractivity (Wildman–Crippen MR) is 63.8 cm³/mol. The monoisotopic (exact) mass is 228 g/mol. The number of fused-ring (bicyclic) bond motifs is 1. The van der Waals surface area contributed by atoms with E-state index in [0.29, 0.717) is 0 Å². The van der Waals surface area contributed by atoms with Gasteiger partial charge >= 0.3 is 0 Å². The molecule has 86 valence electrons. The number of aromatic nitrogens is 4. The van der Waals surface area contributed by atoms with Crippen LogP contribution in [-0.2, 0) is 13.7 Å². The van der Waals surface area contributed by atoms with Crippen LogP contribution in [0.4, 0.5) is 0 Å². The van der Waals surface area contributed by atoms with Gasteiger partial charge in [0.25, 0.3) is 0 Å². The van der Waals surface area contributed by atoms with Crippen LogP contribution in [0.3, 0.4) is 0 Å². The van der Waals surface area contributed by atoms with Crippen LogP contribution >= 0.6 is 0 Å². The van der Waals surface area contributed by atoms with E-state index in [4.69, 9.17) is 5.11 Å². The zero-order chi connectivity index (χ0) is 11.8. The van der Waals surface area contributed by atoms with Crippen LogP contribution in [0.1, 0.15) is 5.69 Å². The zero-order valence-electron chi connectivity index (χ0n) is 9.41. The number of para-hydroxylation sites is 2. The van der Waals surface area contributed by atoms with E-state index in [1.54, 1.807) is 12.5 Å². The smallest absolute Gasteiger partial charge is 0.215 e. The standard InChI is InChI=1S/C12H12N4O/c1-15-9(7-17)6-13-12(15)16-8-14-10-4-2-3-5-11(10)16/h2-6,8,17H,7H2,1H3. The third kappa shape index (κ3) is 1.43. The van der Waals surface area contributed by atoms with Gasteiger partial charge in [-0.2, -0.15) is 0 Å². The van der Waals surface area contributed by atoms with Gasteiger partial charge in [-0.15, -0.1) is 0 Å². The van der Waals surface area contributed by atoms with E-state index < -0.39 is 0 Å². The summed E-state index contributed by atoms with van der Waals surface area (Å²) in [6.45, 7) is -0.0177. The Labute approximate surface area is 98.0 Å². The van der Waals surface area contributed by atoms with E-state index in [1.807, 2.05) is 40.4 Å². The number of aliphatic hydroxyl groups excluding tert-OH is 1. The molecule has 2 heterocycles. The second kappa shape index (κ2) is 3.71. The molecule has 0 radical (unpaired) electrons. The average molecular weight is 228 g/mol. The van der Waals surface area contributed by atoms with E-state index >= 15 is 0 Å². The first-order chi connectivity index (χ1) is 8.31. The highest BCUT2D eigenvalue weighted by atomic mass is 16.3. The number of hydrogen-bond donors (Lipinski definition) is 1. The normalized spacial score (nSPS) is 11.2. The largest absolute Gasteiger partial charge is 0.390 e. The molecule has 17 heavy (non-hydrogen) atoms. The lowest BCUT2D eigenvalue weighted by Gasteiger charge is -2.05. The minimum Gasteiger partial charge on any atom is -0.390 e. The maximum Gasteiger partial charge on any atom is 0.215 e. The summed E-state index contributed by atoms with van der Waals surface area (Å²) in [5.41, 5.74) is 2.71. The maximum absolute atomic E-state index is 9.16. The van der Waals surface area contributed by atoms with Crippen molar-refractivity contribution in [2.24, 2.45) is 7.05 Å². The topological polar surface area (TPSA) is 55.9 Å². The molecule has 3 aromatic rings. The van der Waals surface area contributed by atoms with Gasteiger partial charge in [0, 0.05) is 7.05 Å². The van der Waals surface area contributed by atoms with Crippen molar-refractivity contribution in [3.8, 4) is 5.95 Å². The summed E-state index contributed by atoms with van der Waals surface area (Å²) in [5.74, 6) is 0.753. The second-order valence-electron chi connectivity index (χ2n) is 3.87. The molecule has 0 aliphatic heterocycles. The summed E-state index contributed by atoms with van der Waals surface area (Å²) in [4.78, 5) is 8.62. The molecule has 0 unspecified atom stereocenters. The van der Waals surface area contributed by atoms with Gasteiger partial charge in [-0.05, 0) is 12.1 Å². The Morgan fingerprint density at radius 1 is 1.24 bits per heavy atom. The Morgan fingerprint density at radius 3 is 2.82 bits per heavy atom. The molecule has 0 saturated carbocycles. The quantitative estimate of drug-likeness (QED) is 0.718. The molecule has 0 bridgehead atoms. The number of imidazole rings is 2. The third-order valence-electron chi connectivity index (χ3n) is 2.89. The first-order valence-electron chi connectivity index (χ1n) is 5.35. The summed E-state index contributed by atoms with van der Waals surface area (Å²) in [6.07, 6.45) is 3.41. The third-order valence-corrected chi connectivity index (χ3v) is 2.89. The van der Waals surface area contributed by atoms with Gasteiger partial charge in [0.05, 0.1) is 29.5 Å². The SMILES string of the molecule is Cn1c(CO)cnc1-n1cnc2ccccc21. The summed E-state index contributed by atoms with van der Waals surface area (Å²) in [5, 5.41) is 9.16. The van der Waals surface area contributed by atoms with Crippen LogP contribution in [0.2, 0.25) is 0 Å². The Hall–Kier alpha value is -2.14. The highest BCUT2D eigenvalue weighted by molar-refractivity contribution is 5.76. The van der Waals surface area contributed by atoms with E-state index in [-0.39, 0.29) is 6.61 Å². The first kappa shape index (κ1) is 10.0. The minimum absolute atomic E-state index is 0.0177.